The number of carbonyl (C=O) groups is 2. The van der Waals surface area contributed by atoms with E-state index in [2.05, 4.69) is 17.4 Å². The van der Waals surface area contributed by atoms with Crippen molar-refractivity contribution >= 4 is 11.8 Å². The molecule has 0 fully saturated rings. The fraction of sp³-hybridized carbons (Fsp3) is 0.300. The van der Waals surface area contributed by atoms with Gasteiger partial charge in [-0.05, 0) is 61.6 Å². The molecule has 0 saturated carbocycles. The Bertz CT molecular complexity index is 771. The Hall–Kier alpha value is -2.82. The van der Waals surface area contributed by atoms with Crippen LogP contribution < -0.4 is 15.8 Å². The standard InChI is InChI=1S/C20H22N2O3/c1-13(25-16-11-9-15(10-12-16)19(21)23)20(24)22-18-8-4-6-14-5-2-3-7-17(14)18/h2-3,5,7,9-13,18H,4,6,8H2,1H3,(H2,21,23)(H,22,24)/t13-,18+/m0/s1. The average Bonchev–Trinajstić information content (AvgIpc) is 2.62. The number of hydrogen-bond donors (Lipinski definition) is 2. The lowest BCUT2D eigenvalue weighted by Gasteiger charge is -2.27. The molecule has 3 N–H and O–H groups in total. The number of amides is 2. The van der Waals surface area contributed by atoms with Crippen molar-refractivity contribution < 1.29 is 14.3 Å². The van der Waals surface area contributed by atoms with Crippen LogP contribution in [0.2, 0.25) is 0 Å². The number of ether oxygens (including phenoxy) is 1. The first kappa shape index (κ1) is 17.0. The minimum Gasteiger partial charge on any atom is -0.481 e. The monoisotopic (exact) mass is 338 g/mol. The number of carbonyl (C=O) groups excluding carboxylic acids is 2. The van der Waals surface area contributed by atoms with Crippen LogP contribution >= 0.6 is 0 Å². The summed E-state index contributed by atoms with van der Waals surface area (Å²) >= 11 is 0. The number of nitrogens with one attached hydrogen (secondary N) is 1. The number of primary amides is 1. The van der Waals surface area contributed by atoms with E-state index in [0.29, 0.717) is 11.3 Å². The lowest BCUT2D eigenvalue weighted by atomic mass is 9.87. The van der Waals surface area contributed by atoms with Gasteiger partial charge in [0, 0.05) is 5.56 Å². The van der Waals surface area contributed by atoms with Crippen molar-refractivity contribution in [3.05, 3.63) is 65.2 Å². The van der Waals surface area contributed by atoms with Crippen LogP contribution in [-0.2, 0) is 11.2 Å². The molecule has 1 aliphatic carbocycles. The van der Waals surface area contributed by atoms with Gasteiger partial charge in [0.05, 0.1) is 6.04 Å². The highest BCUT2D eigenvalue weighted by molar-refractivity contribution is 5.92. The summed E-state index contributed by atoms with van der Waals surface area (Å²) in [6.45, 7) is 1.71. The summed E-state index contributed by atoms with van der Waals surface area (Å²) in [5.41, 5.74) is 8.11. The highest BCUT2D eigenvalue weighted by Crippen LogP contribution is 2.29. The van der Waals surface area contributed by atoms with Gasteiger partial charge in [0.15, 0.2) is 6.10 Å². The smallest absolute Gasteiger partial charge is 0.261 e. The lowest BCUT2D eigenvalue weighted by Crippen LogP contribution is -2.39. The summed E-state index contributed by atoms with van der Waals surface area (Å²) in [4.78, 5) is 23.6. The summed E-state index contributed by atoms with van der Waals surface area (Å²) in [6, 6.07) is 14.7. The van der Waals surface area contributed by atoms with E-state index in [-0.39, 0.29) is 11.9 Å². The van der Waals surface area contributed by atoms with E-state index < -0.39 is 12.0 Å². The number of hydrogen-bond acceptors (Lipinski definition) is 3. The van der Waals surface area contributed by atoms with E-state index in [1.165, 1.54) is 11.1 Å². The molecule has 2 amide bonds. The Labute approximate surface area is 147 Å². The second kappa shape index (κ2) is 7.38. The quantitative estimate of drug-likeness (QED) is 0.879. The molecule has 25 heavy (non-hydrogen) atoms. The Kier molecular flexibility index (Phi) is 5.03. The Morgan fingerprint density at radius 3 is 2.60 bits per heavy atom. The lowest BCUT2D eigenvalue weighted by molar-refractivity contribution is -0.128. The van der Waals surface area contributed by atoms with Gasteiger partial charge in [-0.1, -0.05) is 24.3 Å². The molecule has 2 atom stereocenters. The van der Waals surface area contributed by atoms with Gasteiger partial charge in [-0.25, -0.2) is 0 Å². The van der Waals surface area contributed by atoms with E-state index in [1.54, 1.807) is 31.2 Å². The van der Waals surface area contributed by atoms with Crippen molar-refractivity contribution in [2.75, 3.05) is 0 Å². The molecule has 130 valence electrons. The molecule has 0 heterocycles. The van der Waals surface area contributed by atoms with Gasteiger partial charge in [0.2, 0.25) is 5.91 Å². The minimum absolute atomic E-state index is 0.0285. The van der Waals surface area contributed by atoms with E-state index >= 15 is 0 Å². The zero-order valence-corrected chi connectivity index (χ0v) is 14.2. The largest absolute Gasteiger partial charge is 0.481 e. The third-order valence-corrected chi connectivity index (χ3v) is 4.51. The molecule has 3 rings (SSSR count). The molecule has 5 nitrogen and oxygen atoms in total. The maximum Gasteiger partial charge on any atom is 0.261 e. The SMILES string of the molecule is C[C@H](Oc1ccc(C(N)=O)cc1)C(=O)N[C@@H]1CCCc2ccccc21. The summed E-state index contributed by atoms with van der Waals surface area (Å²) in [6.07, 6.45) is 2.42. The first-order valence-corrected chi connectivity index (χ1v) is 8.49. The fourth-order valence-electron chi connectivity index (χ4n) is 3.15. The highest BCUT2D eigenvalue weighted by Gasteiger charge is 2.24. The van der Waals surface area contributed by atoms with E-state index in [1.807, 2.05) is 12.1 Å². The van der Waals surface area contributed by atoms with Gasteiger partial charge in [0.25, 0.3) is 5.91 Å². The van der Waals surface area contributed by atoms with Crippen molar-refractivity contribution in [1.82, 2.24) is 5.32 Å². The van der Waals surface area contributed by atoms with Crippen LogP contribution in [0.1, 0.15) is 47.3 Å². The molecule has 2 aromatic carbocycles. The summed E-state index contributed by atoms with van der Waals surface area (Å²) in [5, 5.41) is 3.09. The molecule has 0 aliphatic heterocycles. The van der Waals surface area contributed by atoms with Gasteiger partial charge in [-0.3, -0.25) is 9.59 Å². The molecule has 0 bridgehead atoms. The summed E-state index contributed by atoms with van der Waals surface area (Å²) < 4.78 is 5.68. The fourth-order valence-corrected chi connectivity index (χ4v) is 3.15. The molecule has 1 aliphatic rings. The Morgan fingerprint density at radius 1 is 1.16 bits per heavy atom. The molecule has 0 spiro atoms. The van der Waals surface area contributed by atoms with Crippen LogP contribution in [-0.4, -0.2) is 17.9 Å². The van der Waals surface area contributed by atoms with E-state index in [0.717, 1.165) is 19.3 Å². The topological polar surface area (TPSA) is 81.4 Å². The van der Waals surface area contributed by atoms with Crippen LogP contribution in [0.25, 0.3) is 0 Å². The molecule has 0 saturated heterocycles. The molecular weight excluding hydrogens is 316 g/mol. The van der Waals surface area contributed by atoms with Crippen LogP contribution in [0.5, 0.6) is 5.75 Å². The van der Waals surface area contributed by atoms with Crippen LogP contribution in [0.3, 0.4) is 0 Å². The van der Waals surface area contributed by atoms with E-state index in [9.17, 15) is 9.59 Å². The van der Waals surface area contributed by atoms with Crippen LogP contribution in [0.4, 0.5) is 0 Å². The second-order valence-electron chi connectivity index (χ2n) is 6.30. The average molecular weight is 338 g/mol. The molecule has 2 aromatic rings. The van der Waals surface area contributed by atoms with Crippen LogP contribution in [0.15, 0.2) is 48.5 Å². The number of benzene rings is 2. The maximum atomic E-state index is 12.5. The summed E-state index contributed by atoms with van der Waals surface area (Å²) in [5.74, 6) is -0.120. The number of aryl methyl sites for hydroxylation is 1. The predicted octanol–water partition coefficient (Wildman–Crippen LogP) is 2.75. The van der Waals surface area contributed by atoms with Gasteiger partial charge in [-0.15, -0.1) is 0 Å². The second-order valence-corrected chi connectivity index (χ2v) is 6.30. The van der Waals surface area contributed by atoms with Crippen molar-refractivity contribution in [3.8, 4) is 5.75 Å². The third kappa shape index (κ3) is 3.99. The van der Waals surface area contributed by atoms with Gasteiger partial charge < -0.3 is 15.8 Å². The molecule has 5 heteroatoms. The third-order valence-electron chi connectivity index (χ3n) is 4.51. The highest BCUT2D eigenvalue weighted by atomic mass is 16.5. The zero-order chi connectivity index (χ0) is 17.8. The molecule has 0 unspecified atom stereocenters. The summed E-state index contributed by atoms with van der Waals surface area (Å²) in [7, 11) is 0. The molecule has 0 aromatic heterocycles. The Balaban J connectivity index is 1.62. The molecule has 0 radical (unpaired) electrons. The first-order valence-electron chi connectivity index (χ1n) is 8.49. The van der Waals surface area contributed by atoms with Crippen molar-refractivity contribution in [3.63, 3.8) is 0 Å². The normalized spacial score (nSPS) is 17.2. The first-order chi connectivity index (χ1) is 12.0. The van der Waals surface area contributed by atoms with Crippen LogP contribution in [0, 0.1) is 0 Å². The number of nitrogens with two attached hydrogens (primary N) is 1. The van der Waals surface area contributed by atoms with Gasteiger partial charge in [-0.2, -0.15) is 0 Å². The van der Waals surface area contributed by atoms with Gasteiger partial charge >= 0.3 is 0 Å². The maximum absolute atomic E-state index is 12.5. The van der Waals surface area contributed by atoms with Gasteiger partial charge in [0.1, 0.15) is 5.75 Å². The van der Waals surface area contributed by atoms with E-state index in [4.69, 9.17) is 10.5 Å². The van der Waals surface area contributed by atoms with Crippen molar-refractivity contribution in [2.45, 2.75) is 38.3 Å². The zero-order valence-electron chi connectivity index (χ0n) is 14.2. The number of fused-ring (bicyclic) bond motifs is 1. The minimum atomic E-state index is -0.631. The molecular formula is C20H22N2O3. The predicted molar refractivity (Wildman–Crippen MR) is 95.3 cm³/mol. The number of rotatable bonds is 5. The van der Waals surface area contributed by atoms with Crippen molar-refractivity contribution in [2.24, 2.45) is 5.73 Å². The Morgan fingerprint density at radius 2 is 1.88 bits per heavy atom. The van der Waals surface area contributed by atoms with Crippen molar-refractivity contribution in [1.29, 1.82) is 0 Å².